The lowest BCUT2D eigenvalue weighted by molar-refractivity contribution is 0.245. The summed E-state index contributed by atoms with van der Waals surface area (Å²) >= 11 is 0. The van der Waals surface area contributed by atoms with Crippen LogP contribution in [0.2, 0.25) is 0 Å². The lowest BCUT2D eigenvalue weighted by Crippen LogP contribution is -2.41. The highest BCUT2D eigenvalue weighted by atomic mass is 32.2. The van der Waals surface area contributed by atoms with Crippen LogP contribution >= 0.6 is 0 Å². The van der Waals surface area contributed by atoms with Crippen molar-refractivity contribution >= 4 is 20.0 Å². The summed E-state index contributed by atoms with van der Waals surface area (Å²) in [6, 6.07) is 13.7. The molecule has 0 aliphatic carbocycles. The van der Waals surface area contributed by atoms with Crippen molar-refractivity contribution in [3.05, 3.63) is 71.8 Å². The van der Waals surface area contributed by atoms with Crippen LogP contribution in [0.15, 0.2) is 70.5 Å². The zero-order chi connectivity index (χ0) is 26.3. The molecule has 2 aromatic rings. The Bertz CT molecular complexity index is 1130. The number of hydrogen-bond donors (Lipinski definition) is 0. The molecule has 198 valence electrons. The highest BCUT2D eigenvalue weighted by molar-refractivity contribution is 7.89. The van der Waals surface area contributed by atoms with Gasteiger partial charge < -0.3 is 4.90 Å². The molecule has 0 aromatic heterocycles. The molecule has 0 bridgehead atoms. The van der Waals surface area contributed by atoms with E-state index < -0.39 is 20.0 Å². The molecule has 9 heteroatoms. The van der Waals surface area contributed by atoms with Crippen molar-refractivity contribution in [1.82, 2.24) is 13.5 Å². The van der Waals surface area contributed by atoms with Crippen molar-refractivity contribution in [2.45, 2.75) is 49.8 Å². The Hall–Kier alpha value is -2.04. The largest absolute Gasteiger partial charge is 0.303 e. The topological polar surface area (TPSA) is 78.0 Å². The van der Waals surface area contributed by atoms with E-state index in [4.69, 9.17) is 0 Å². The lowest BCUT2D eigenvalue weighted by Gasteiger charge is -2.30. The van der Waals surface area contributed by atoms with Crippen LogP contribution < -0.4 is 0 Å². The minimum atomic E-state index is -3.75. The molecule has 1 saturated heterocycles. The number of hydrogen-bond acceptors (Lipinski definition) is 5. The van der Waals surface area contributed by atoms with Crippen LogP contribution in [0.5, 0.6) is 0 Å². The van der Waals surface area contributed by atoms with E-state index in [0.717, 1.165) is 37.2 Å². The number of sulfonamides is 2. The standard InChI is InChI=1S/C27H39N3O4S2/c1-5-16-28-17-6-19-29(35(31,32)26-12-8-23(2)9-13-26)21-25(4)22-30(20-7-18-28)36(33,34)27-14-10-24(3)11-15-27/h8-15H,4-7,16-22H2,1-3H3. The molecule has 3 rings (SSSR count). The molecule has 0 radical (unpaired) electrons. The van der Waals surface area contributed by atoms with Crippen LogP contribution in [0.1, 0.15) is 37.3 Å². The van der Waals surface area contributed by atoms with Crippen LogP contribution in [-0.4, -0.2) is 76.2 Å². The van der Waals surface area contributed by atoms with Crippen molar-refractivity contribution in [2.24, 2.45) is 0 Å². The van der Waals surface area contributed by atoms with E-state index in [1.807, 2.05) is 13.8 Å². The van der Waals surface area contributed by atoms with E-state index in [-0.39, 0.29) is 22.9 Å². The van der Waals surface area contributed by atoms with Crippen LogP contribution in [-0.2, 0) is 20.0 Å². The maximum absolute atomic E-state index is 13.5. The molecular weight excluding hydrogens is 494 g/mol. The van der Waals surface area contributed by atoms with E-state index in [0.29, 0.717) is 31.5 Å². The van der Waals surface area contributed by atoms with E-state index in [1.165, 1.54) is 8.61 Å². The number of rotatable bonds is 6. The molecule has 0 atom stereocenters. The van der Waals surface area contributed by atoms with Gasteiger partial charge in [-0.25, -0.2) is 16.8 Å². The highest BCUT2D eigenvalue weighted by Gasteiger charge is 2.29. The second kappa shape index (κ2) is 12.5. The maximum atomic E-state index is 13.5. The number of nitrogens with zero attached hydrogens (tertiary/aromatic N) is 3. The summed E-state index contributed by atoms with van der Waals surface area (Å²) in [5.74, 6) is 0. The van der Waals surface area contributed by atoms with Gasteiger partial charge in [-0.2, -0.15) is 8.61 Å². The predicted molar refractivity (Wildman–Crippen MR) is 145 cm³/mol. The quantitative estimate of drug-likeness (QED) is 0.524. The Balaban J connectivity index is 1.91. The van der Waals surface area contributed by atoms with Gasteiger partial charge in [-0.05, 0) is 82.6 Å². The molecule has 2 aromatic carbocycles. The van der Waals surface area contributed by atoms with Crippen molar-refractivity contribution in [3.8, 4) is 0 Å². The smallest absolute Gasteiger partial charge is 0.243 e. The molecule has 36 heavy (non-hydrogen) atoms. The van der Waals surface area contributed by atoms with Gasteiger partial charge in [0.1, 0.15) is 0 Å². The highest BCUT2D eigenvalue weighted by Crippen LogP contribution is 2.22. The third-order valence-corrected chi connectivity index (χ3v) is 10.1. The molecule has 0 unspecified atom stereocenters. The van der Waals surface area contributed by atoms with Crippen LogP contribution in [0, 0.1) is 13.8 Å². The van der Waals surface area contributed by atoms with Gasteiger partial charge in [0.15, 0.2) is 0 Å². The van der Waals surface area contributed by atoms with Gasteiger partial charge >= 0.3 is 0 Å². The van der Waals surface area contributed by atoms with Gasteiger partial charge in [0, 0.05) is 26.2 Å². The fraction of sp³-hybridized carbons (Fsp3) is 0.481. The molecule has 0 saturated carbocycles. The SMILES string of the molecule is C=C1CN(S(=O)(=O)c2ccc(C)cc2)CCCN(CCC)CCCN(S(=O)(=O)c2ccc(C)cc2)C1. The minimum Gasteiger partial charge on any atom is -0.303 e. The Morgan fingerprint density at radius 1 is 0.694 bits per heavy atom. The van der Waals surface area contributed by atoms with Gasteiger partial charge in [0.05, 0.1) is 9.79 Å². The minimum absolute atomic E-state index is 0.0733. The van der Waals surface area contributed by atoms with Crippen molar-refractivity contribution < 1.29 is 16.8 Å². The molecule has 0 amide bonds. The van der Waals surface area contributed by atoms with E-state index in [1.54, 1.807) is 48.5 Å². The third kappa shape index (κ3) is 7.26. The fourth-order valence-corrected chi connectivity index (χ4v) is 7.43. The van der Waals surface area contributed by atoms with Crippen LogP contribution in [0.3, 0.4) is 0 Å². The maximum Gasteiger partial charge on any atom is 0.243 e. The molecule has 1 heterocycles. The summed E-state index contributed by atoms with van der Waals surface area (Å²) in [6.45, 7) is 13.3. The average Bonchev–Trinajstić information content (AvgIpc) is 2.82. The fourth-order valence-electron chi connectivity index (χ4n) is 4.43. The van der Waals surface area contributed by atoms with E-state index >= 15 is 0 Å². The first-order valence-corrected chi connectivity index (χ1v) is 15.4. The van der Waals surface area contributed by atoms with Gasteiger partial charge in [-0.3, -0.25) is 0 Å². The second-order valence-electron chi connectivity index (χ2n) is 9.60. The summed E-state index contributed by atoms with van der Waals surface area (Å²) < 4.78 is 57.1. The summed E-state index contributed by atoms with van der Waals surface area (Å²) in [5, 5.41) is 0. The average molecular weight is 534 g/mol. The third-order valence-electron chi connectivity index (χ3n) is 6.42. The summed E-state index contributed by atoms with van der Waals surface area (Å²) in [4.78, 5) is 2.77. The van der Waals surface area contributed by atoms with Crippen LogP contribution in [0.4, 0.5) is 0 Å². The van der Waals surface area contributed by atoms with E-state index in [9.17, 15) is 16.8 Å². The van der Waals surface area contributed by atoms with Crippen molar-refractivity contribution in [1.29, 1.82) is 0 Å². The summed E-state index contributed by atoms with van der Waals surface area (Å²) in [5.41, 5.74) is 2.52. The summed E-state index contributed by atoms with van der Waals surface area (Å²) in [6.07, 6.45) is 2.38. The second-order valence-corrected chi connectivity index (χ2v) is 13.5. The lowest BCUT2D eigenvalue weighted by atomic mass is 10.2. The van der Waals surface area contributed by atoms with Crippen molar-refractivity contribution in [3.63, 3.8) is 0 Å². The Morgan fingerprint density at radius 2 is 1.08 bits per heavy atom. The molecular formula is C27H39N3O4S2. The Morgan fingerprint density at radius 3 is 1.44 bits per heavy atom. The first kappa shape index (κ1) is 28.5. The monoisotopic (exact) mass is 533 g/mol. The molecule has 0 N–H and O–H groups in total. The Labute approximate surface area is 217 Å². The van der Waals surface area contributed by atoms with Gasteiger partial charge in [-0.1, -0.05) is 48.9 Å². The zero-order valence-corrected chi connectivity index (χ0v) is 23.3. The van der Waals surface area contributed by atoms with Gasteiger partial charge in [0.2, 0.25) is 20.0 Å². The molecule has 7 nitrogen and oxygen atoms in total. The number of aryl methyl sites for hydroxylation is 2. The van der Waals surface area contributed by atoms with Crippen LogP contribution in [0.25, 0.3) is 0 Å². The first-order valence-electron chi connectivity index (χ1n) is 12.6. The zero-order valence-electron chi connectivity index (χ0n) is 21.7. The molecule has 0 spiro atoms. The molecule has 1 aliphatic heterocycles. The Kier molecular flexibility index (Phi) is 9.88. The van der Waals surface area contributed by atoms with Gasteiger partial charge in [-0.15, -0.1) is 0 Å². The van der Waals surface area contributed by atoms with Crippen molar-refractivity contribution in [2.75, 3.05) is 45.8 Å². The summed E-state index contributed by atoms with van der Waals surface area (Å²) in [7, 11) is -7.51. The van der Waals surface area contributed by atoms with Gasteiger partial charge in [0.25, 0.3) is 0 Å². The normalized spacial score (nSPS) is 18.5. The molecule has 1 fully saturated rings. The number of benzene rings is 2. The first-order chi connectivity index (χ1) is 17.0. The van der Waals surface area contributed by atoms with E-state index in [2.05, 4.69) is 18.4 Å². The molecule has 1 aliphatic rings. The predicted octanol–water partition coefficient (Wildman–Crippen LogP) is 4.05.